The molecule has 6 rings (SSSR count). The fourth-order valence-electron chi connectivity index (χ4n) is 4.46. The molecule has 0 saturated carbocycles. The first kappa shape index (κ1) is 16.0. The van der Waals surface area contributed by atoms with Crippen LogP contribution in [0.1, 0.15) is 27.0 Å². The van der Waals surface area contributed by atoms with Gasteiger partial charge in [0.2, 0.25) is 0 Å². The van der Waals surface area contributed by atoms with Crippen LogP contribution in [0.5, 0.6) is 23.0 Å². The molecule has 0 bridgehead atoms. The molecule has 29 heavy (non-hydrogen) atoms. The van der Waals surface area contributed by atoms with Crippen LogP contribution in [-0.2, 0) is 10.3 Å². The van der Waals surface area contributed by atoms with Crippen LogP contribution in [0, 0.1) is 0 Å². The molecule has 0 fully saturated rings. The van der Waals surface area contributed by atoms with Crippen LogP contribution >= 0.6 is 0 Å². The molecule has 4 aromatic rings. The van der Waals surface area contributed by atoms with E-state index >= 15 is 0 Å². The normalized spacial score (nSPS) is 18.7. The number of aromatic hydroxyl groups is 2. The van der Waals surface area contributed by atoms with Gasteiger partial charge in [-0.2, -0.15) is 0 Å². The van der Waals surface area contributed by atoms with Gasteiger partial charge in [-0.3, -0.25) is 0 Å². The lowest BCUT2D eigenvalue weighted by Gasteiger charge is -2.37. The summed E-state index contributed by atoms with van der Waals surface area (Å²) >= 11 is 0. The van der Waals surface area contributed by atoms with E-state index in [0.717, 1.165) is 10.8 Å². The number of fused-ring (bicyclic) bond motifs is 8. The van der Waals surface area contributed by atoms with Crippen LogP contribution in [0.2, 0.25) is 0 Å². The summed E-state index contributed by atoms with van der Waals surface area (Å²) in [5, 5.41) is 22.2. The zero-order valence-corrected chi connectivity index (χ0v) is 15.0. The van der Waals surface area contributed by atoms with Crippen LogP contribution in [0.15, 0.2) is 72.8 Å². The number of ether oxygens (including phenoxy) is 2. The first-order valence-electron chi connectivity index (χ1n) is 9.19. The molecule has 4 aromatic carbocycles. The van der Waals surface area contributed by atoms with Crippen LogP contribution in [0.4, 0.5) is 0 Å². The number of hydrogen-bond acceptors (Lipinski definition) is 5. The Morgan fingerprint density at radius 1 is 0.759 bits per heavy atom. The van der Waals surface area contributed by atoms with E-state index in [4.69, 9.17) is 9.47 Å². The van der Waals surface area contributed by atoms with Gasteiger partial charge in [0.1, 0.15) is 17.1 Å². The fraction of sp³-hybridized carbons (Fsp3) is 0.0417. The molecule has 2 N–H and O–H groups in total. The van der Waals surface area contributed by atoms with Crippen LogP contribution in [0.25, 0.3) is 10.8 Å². The highest BCUT2D eigenvalue weighted by atomic mass is 16.6. The Kier molecular flexibility index (Phi) is 2.92. The molecule has 5 heteroatoms. The highest BCUT2D eigenvalue weighted by molar-refractivity contribution is 6.01. The van der Waals surface area contributed by atoms with Gasteiger partial charge in [0.15, 0.2) is 17.1 Å². The third kappa shape index (κ3) is 1.86. The lowest BCUT2D eigenvalue weighted by Crippen LogP contribution is -2.33. The van der Waals surface area contributed by atoms with E-state index in [-0.39, 0.29) is 11.3 Å². The minimum Gasteiger partial charge on any atom is -0.504 e. The Labute approximate surface area is 165 Å². The standard InChI is InChI=1S/C24H14O5/c25-18-12-11-16-20(21(18)26)23(27)29-24(16)15-7-3-4-8-19(15)28-22-14-6-2-1-5-13(14)9-10-17(22)24/h1-12,25-26H. The van der Waals surface area contributed by atoms with E-state index in [2.05, 4.69) is 0 Å². The summed E-state index contributed by atoms with van der Waals surface area (Å²) in [7, 11) is 0. The van der Waals surface area contributed by atoms with Crippen molar-refractivity contribution in [3.8, 4) is 23.0 Å². The van der Waals surface area contributed by atoms with Crippen molar-refractivity contribution >= 4 is 16.7 Å². The average molecular weight is 382 g/mol. The number of benzene rings is 4. The smallest absolute Gasteiger partial charge is 0.344 e. The van der Waals surface area contributed by atoms with Crippen LogP contribution in [0.3, 0.4) is 0 Å². The van der Waals surface area contributed by atoms with E-state index in [1.54, 1.807) is 6.07 Å². The number of phenolic OH excluding ortho intramolecular Hbond substituents is 2. The second kappa shape index (κ2) is 5.29. The molecular formula is C24H14O5. The van der Waals surface area contributed by atoms with Crippen molar-refractivity contribution in [1.82, 2.24) is 0 Å². The molecule has 2 aliphatic rings. The SMILES string of the molecule is O=C1OC2(c3ccccc3Oc3c2ccc2ccccc32)c2ccc(O)c(O)c21. The molecule has 2 aliphatic heterocycles. The van der Waals surface area contributed by atoms with Gasteiger partial charge < -0.3 is 19.7 Å². The van der Waals surface area contributed by atoms with E-state index in [0.29, 0.717) is 28.2 Å². The van der Waals surface area contributed by atoms with Gasteiger partial charge in [-0.05, 0) is 29.7 Å². The average Bonchev–Trinajstić information content (AvgIpc) is 3.04. The molecule has 0 aromatic heterocycles. The molecule has 1 atom stereocenters. The van der Waals surface area contributed by atoms with Crippen molar-refractivity contribution in [2.75, 3.05) is 0 Å². The van der Waals surface area contributed by atoms with E-state index < -0.39 is 17.3 Å². The minimum absolute atomic E-state index is 0.0270. The summed E-state index contributed by atoms with van der Waals surface area (Å²) < 4.78 is 12.3. The molecule has 0 amide bonds. The lowest BCUT2D eigenvalue weighted by molar-refractivity contribution is 0.0224. The van der Waals surface area contributed by atoms with Gasteiger partial charge in [0, 0.05) is 22.1 Å². The number of carbonyl (C=O) groups excluding carboxylic acids is 1. The highest BCUT2D eigenvalue weighted by Gasteiger charge is 2.55. The van der Waals surface area contributed by atoms with Crippen LogP contribution in [-0.4, -0.2) is 16.2 Å². The van der Waals surface area contributed by atoms with E-state index in [1.807, 2.05) is 60.7 Å². The summed E-state index contributed by atoms with van der Waals surface area (Å²) in [5.41, 5.74) is 0.518. The molecule has 1 unspecified atom stereocenters. The summed E-state index contributed by atoms with van der Waals surface area (Å²) in [4.78, 5) is 12.9. The van der Waals surface area contributed by atoms with E-state index in [1.165, 1.54) is 6.07 Å². The summed E-state index contributed by atoms with van der Waals surface area (Å²) in [6.45, 7) is 0. The van der Waals surface area contributed by atoms with Gasteiger partial charge in [0.25, 0.3) is 0 Å². The first-order valence-corrected chi connectivity index (χ1v) is 9.19. The number of para-hydroxylation sites is 1. The molecule has 1 spiro atoms. The quantitative estimate of drug-likeness (QED) is 0.337. The van der Waals surface area contributed by atoms with Crippen molar-refractivity contribution in [1.29, 1.82) is 0 Å². The van der Waals surface area contributed by atoms with Crippen molar-refractivity contribution in [2.45, 2.75) is 5.60 Å². The second-order valence-corrected chi connectivity index (χ2v) is 7.19. The largest absolute Gasteiger partial charge is 0.504 e. The third-order valence-electron chi connectivity index (χ3n) is 5.72. The maximum Gasteiger partial charge on any atom is 0.344 e. The Morgan fingerprint density at radius 2 is 1.52 bits per heavy atom. The molecule has 2 heterocycles. The molecule has 0 aliphatic carbocycles. The van der Waals surface area contributed by atoms with Crippen molar-refractivity contribution in [3.05, 3.63) is 95.1 Å². The maximum atomic E-state index is 12.9. The first-order chi connectivity index (χ1) is 14.1. The van der Waals surface area contributed by atoms with Gasteiger partial charge in [0.05, 0.1) is 0 Å². The van der Waals surface area contributed by atoms with Crippen LogP contribution < -0.4 is 4.74 Å². The topological polar surface area (TPSA) is 76.0 Å². The zero-order valence-electron chi connectivity index (χ0n) is 15.0. The monoisotopic (exact) mass is 382 g/mol. The molecular weight excluding hydrogens is 368 g/mol. The Hall–Kier alpha value is -3.99. The number of rotatable bonds is 0. The molecule has 5 nitrogen and oxygen atoms in total. The lowest BCUT2D eigenvalue weighted by atomic mass is 9.77. The number of phenols is 2. The molecule has 0 radical (unpaired) electrons. The van der Waals surface area contributed by atoms with Gasteiger partial charge >= 0.3 is 5.97 Å². The fourth-order valence-corrected chi connectivity index (χ4v) is 4.46. The van der Waals surface area contributed by atoms with Gasteiger partial charge in [-0.15, -0.1) is 0 Å². The summed E-state index contributed by atoms with van der Waals surface area (Å²) in [6.07, 6.45) is 0. The third-order valence-corrected chi connectivity index (χ3v) is 5.72. The highest BCUT2D eigenvalue weighted by Crippen LogP contribution is 2.58. The number of hydrogen-bond donors (Lipinski definition) is 2. The second-order valence-electron chi connectivity index (χ2n) is 7.19. The maximum absolute atomic E-state index is 12.9. The zero-order chi connectivity index (χ0) is 19.8. The number of esters is 1. The van der Waals surface area contributed by atoms with Gasteiger partial charge in [-0.25, -0.2) is 4.79 Å². The van der Waals surface area contributed by atoms with Gasteiger partial charge in [-0.1, -0.05) is 48.5 Å². The predicted molar refractivity (Wildman–Crippen MR) is 106 cm³/mol. The summed E-state index contributed by atoms with van der Waals surface area (Å²) in [5.74, 6) is -0.351. The summed E-state index contributed by atoms with van der Waals surface area (Å²) in [6, 6.07) is 22.0. The Bertz CT molecular complexity index is 1360. The Balaban J connectivity index is 1.79. The van der Waals surface area contributed by atoms with Crippen molar-refractivity contribution in [2.24, 2.45) is 0 Å². The Morgan fingerprint density at radius 3 is 2.41 bits per heavy atom. The molecule has 0 saturated heterocycles. The predicted octanol–water partition coefficient (Wildman–Crippen LogP) is 4.82. The van der Waals surface area contributed by atoms with Crippen molar-refractivity contribution < 1.29 is 24.5 Å². The number of carbonyl (C=O) groups is 1. The van der Waals surface area contributed by atoms with E-state index in [9.17, 15) is 15.0 Å². The van der Waals surface area contributed by atoms with Crippen molar-refractivity contribution in [3.63, 3.8) is 0 Å². The minimum atomic E-state index is -1.27. The molecule has 140 valence electrons.